The molecular weight excluding hydrogens is 470 g/mol. The van der Waals surface area contributed by atoms with Crippen LogP contribution in [0.3, 0.4) is 0 Å². The Hall–Kier alpha value is -2.02. The van der Waals surface area contributed by atoms with Gasteiger partial charge in [-0.15, -0.1) is 10.2 Å². The van der Waals surface area contributed by atoms with Crippen molar-refractivity contribution in [2.75, 3.05) is 31.2 Å². The molecule has 178 valence electrons. The molecule has 33 heavy (non-hydrogen) atoms. The molecule has 2 fully saturated rings. The van der Waals surface area contributed by atoms with E-state index in [1.54, 1.807) is 16.8 Å². The number of fused-ring (bicyclic) bond motifs is 1. The van der Waals surface area contributed by atoms with E-state index in [2.05, 4.69) is 38.7 Å². The van der Waals surface area contributed by atoms with Gasteiger partial charge in [0.25, 0.3) is 6.43 Å². The van der Waals surface area contributed by atoms with Crippen molar-refractivity contribution in [2.45, 2.75) is 50.0 Å². The Morgan fingerprint density at radius 1 is 1.42 bits per heavy atom. The van der Waals surface area contributed by atoms with Crippen molar-refractivity contribution >= 4 is 33.5 Å². The lowest BCUT2D eigenvalue weighted by Gasteiger charge is -2.27. The van der Waals surface area contributed by atoms with Gasteiger partial charge in [0.15, 0.2) is 15.8 Å². The first-order valence-electron chi connectivity index (χ1n) is 11.0. The van der Waals surface area contributed by atoms with Crippen LogP contribution in [-0.2, 0) is 15.7 Å². The number of halogens is 2. The minimum absolute atomic E-state index is 0.116. The number of nitrogens with one attached hydrogen (secondary N) is 1. The highest BCUT2D eigenvalue weighted by molar-refractivity contribution is 7.83. The normalized spacial score (nSPS) is 20.6. The Labute approximate surface area is 197 Å². The molecule has 12 heteroatoms. The highest BCUT2D eigenvalue weighted by Crippen LogP contribution is 2.37. The van der Waals surface area contributed by atoms with E-state index in [-0.39, 0.29) is 10.5 Å². The molecule has 8 nitrogen and oxygen atoms in total. The molecule has 1 N–H and O–H groups in total. The molecule has 2 aliphatic rings. The van der Waals surface area contributed by atoms with E-state index in [0.29, 0.717) is 21.6 Å². The van der Waals surface area contributed by atoms with Crippen LogP contribution in [0.1, 0.15) is 44.5 Å². The highest BCUT2D eigenvalue weighted by atomic mass is 32.2. The van der Waals surface area contributed by atoms with E-state index >= 15 is 0 Å². The van der Waals surface area contributed by atoms with Gasteiger partial charge in [-0.25, -0.2) is 22.7 Å². The molecule has 1 aliphatic heterocycles. The van der Waals surface area contributed by atoms with Gasteiger partial charge in [-0.3, -0.25) is 4.40 Å². The van der Waals surface area contributed by atoms with Crippen LogP contribution in [-0.4, -0.2) is 55.6 Å². The third-order valence-corrected chi connectivity index (χ3v) is 8.45. The Balaban J connectivity index is 1.59. The summed E-state index contributed by atoms with van der Waals surface area (Å²) in [5, 5.41) is 7.49. The first-order chi connectivity index (χ1) is 15.9. The minimum atomic E-state index is -2.69. The van der Waals surface area contributed by atoms with E-state index in [9.17, 15) is 13.0 Å². The smallest absolute Gasteiger partial charge is 0.291 e. The van der Waals surface area contributed by atoms with Gasteiger partial charge in [0.2, 0.25) is 0 Å². The number of imidazole rings is 1. The van der Waals surface area contributed by atoms with Gasteiger partial charge in [0.1, 0.15) is 11.0 Å². The van der Waals surface area contributed by atoms with E-state index in [1.165, 1.54) is 0 Å². The summed E-state index contributed by atoms with van der Waals surface area (Å²) >= 11 is 0.817. The summed E-state index contributed by atoms with van der Waals surface area (Å²) in [7, 11) is -1.43. The lowest BCUT2D eigenvalue weighted by molar-refractivity contribution is 0.150. The molecule has 0 aromatic carbocycles. The second-order valence-electron chi connectivity index (χ2n) is 8.84. The summed E-state index contributed by atoms with van der Waals surface area (Å²) in [5.74, 6) is 0.828. The fourth-order valence-corrected chi connectivity index (χ4v) is 5.87. The molecule has 3 aromatic heterocycles. The van der Waals surface area contributed by atoms with E-state index in [0.717, 1.165) is 68.1 Å². The first-order valence-corrected chi connectivity index (χ1v) is 13.0. The standard InChI is InChI=1S/C21H26F2N6O2S2/c1-3-28(10-13-4-7-31-12-13)15-8-14(33(30)27-21(2)5-6-21)11-29-16(15)9-24-18(29)20-26-25-19(32-20)17(22)23/h8-9,11,13,17,27H,3-7,10,12H2,1-2H3/t13-,33?/m1/s1. The van der Waals surface area contributed by atoms with E-state index < -0.39 is 17.4 Å². The molecule has 1 saturated carbocycles. The van der Waals surface area contributed by atoms with Crippen LogP contribution in [0.2, 0.25) is 0 Å². The molecule has 1 aliphatic carbocycles. The zero-order chi connectivity index (χ0) is 23.2. The monoisotopic (exact) mass is 496 g/mol. The van der Waals surface area contributed by atoms with Crippen molar-refractivity contribution in [2.24, 2.45) is 5.92 Å². The summed E-state index contributed by atoms with van der Waals surface area (Å²) in [6, 6.07) is 1.94. The van der Waals surface area contributed by atoms with Gasteiger partial charge >= 0.3 is 0 Å². The number of anilines is 1. The van der Waals surface area contributed by atoms with Crippen molar-refractivity contribution in [1.82, 2.24) is 24.3 Å². The number of pyridine rings is 1. The van der Waals surface area contributed by atoms with Crippen LogP contribution in [0.25, 0.3) is 16.3 Å². The van der Waals surface area contributed by atoms with E-state index in [1.807, 2.05) is 6.07 Å². The topological polar surface area (TPSA) is 84.7 Å². The van der Waals surface area contributed by atoms with Gasteiger partial charge in [-0.2, -0.15) is 0 Å². The summed E-state index contributed by atoms with van der Waals surface area (Å²) in [4.78, 5) is 7.33. The van der Waals surface area contributed by atoms with Crippen LogP contribution in [0.4, 0.5) is 14.5 Å². The van der Waals surface area contributed by atoms with Crippen molar-refractivity contribution in [3.8, 4) is 10.8 Å². The number of aromatic nitrogens is 4. The Morgan fingerprint density at radius 3 is 2.88 bits per heavy atom. The first kappa shape index (κ1) is 22.8. The Kier molecular flexibility index (Phi) is 6.19. The minimum Gasteiger partial charge on any atom is -0.381 e. The molecule has 3 aromatic rings. The second kappa shape index (κ2) is 8.97. The number of hydrogen-bond acceptors (Lipinski definition) is 7. The number of ether oxygens (including phenoxy) is 1. The van der Waals surface area contributed by atoms with Crippen LogP contribution < -0.4 is 9.62 Å². The predicted molar refractivity (Wildman–Crippen MR) is 123 cm³/mol. The van der Waals surface area contributed by atoms with Crippen LogP contribution >= 0.6 is 11.3 Å². The van der Waals surface area contributed by atoms with Crippen molar-refractivity contribution < 1.29 is 17.7 Å². The lowest BCUT2D eigenvalue weighted by atomic mass is 10.1. The Morgan fingerprint density at radius 2 is 2.24 bits per heavy atom. The largest absolute Gasteiger partial charge is 0.381 e. The van der Waals surface area contributed by atoms with Crippen LogP contribution in [0, 0.1) is 5.92 Å². The number of alkyl halides is 2. The summed E-state index contributed by atoms with van der Waals surface area (Å²) in [5.41, 5.74) is 1.59. The summed E-state index contributed by atoms with van der Waals surface area (Å²) in [6.07, 6.45) is 3.75. The highest BCUT2D eigenvalue weighted by Gasteiger charge is 2.39. The molecule has 2 atom stereocenters. The molecule has 5 rings (SSSR count). The van der Waals surface area contributed by atoms with Gasteiger partial charge in [0, 0.05) is 37.4 Å². The van der Waals surface area contributed by atoms with Crippen molar-refractivity contribution in [3.63, 3.8) is 0 Å². The summed E-state index contributed by atoms with van der Waals surface area (Å²) in [6.45, 7) is 7.19. The van der Waals surface area contributed by atoms with Crippen LogP contribution in [0.15, 0.2) is 23.4 Å². The van der Waals surface area contributed by atoms with Crippen LogP contribution in [0.5, 0.6) is 0 Å². The average Bonchev–Trinajstić information content (AvgIpc) is 3.27. The molecule has 0 radical (unpaired) electrons. The van der Waals surface area contributed by atoms with Gasteiger partial charge < -0.3 is 9.64 Å². The lowest BCUT2D eigenvalue weighted by Crippen LogP contribution is -2.31. The maximum atomic E-state index is 13.2. The number of hydrogen-bond donors (Lipinski definition) is 1. The molecule has 1 saturated heterocycles. The fourth-order valence-electron chi connectivity index (χ4n) is 3.99. The molecule has 1 unspecified atom stereocenters. The van der Waals surface area contributed by atoms with Gasteiger partial charge in [-0.05, 0) is 39.2 Å². The molecule has 4 heterocycles. The molecule has 0 spiro atoms. The average molecular weight is 497 g/mol. The summed E-state index contributed by atoms with van der Waals surface area (Å²) < 4.78 is 50.0. The molecular formula is C21H26F2N6O2S2. The molecule has 0 bridgehead atoms. The third kappa shape index (κ3) is 4.66. The zero-order valence-corrected chi connectivity index (χ0v) is 20.1. The third-order valence-electron chi connectivity index (χ3n) is 6.19. The van der Waals surface area contributed by atoms with Crippen molar-refractivity contribution in [3.05, 3.63) is 23.5 Å². The number of nitrogens with zero attached hydrogens (tertiary/aromatic N) is 5. The SMILES string of the molecule is CCN(C[C@H]1CCOC1)c1cc(S(=O)NC2(C)CC2)cn2c(-c3nnc(C(F)F)s3)ncc12. The Bertz CT molecular complexity index is 1170. The maximum Gasteiger partial charge on any atom is 0.291 e. The fraction of sp³-hybridized carbons (Fsp3) is 0.571. The number of rotatable bonds is 9. The zero-order valence-electron chi connectivity index (χ0n) is 18.5. The predicted octanol–water partition coefficient (Wildman–Crippen LogP) is 3.82. The quantitative estimate of drug-likeness (QED) is 0.485. The molecule has 0 amide bonds. The van der Waals surface area contributed by atoms with Gasteiger partial charge in [-0.1, -0.05) is 11.3 Å². The second-order valence-corrected chi connectivity index (χ2v) is 11.1. The maximum absolute atomic E-state index is 13.2. The van der Waals surface area contributed by atoms with E-state index in [4.69, 9.17) is 4.74 Å². The van der Waals surface area contributed by atoms with Crippen molar-refractivity contribution in [1.29, 1.82) is 0 Å². The van der Waals surface area contributed by atoms with Gasteiger partial charge in [0.05, 0.1) is 28.9 Å².